The van der Waals surface area contributed by atoms with Crippen molar-refractivity contribution < 1.29 is 23.7 Å². The maximum absolute atomic E-state index is 12.2. The minimum Gasteiger partial charge on any atom is -0.486 e. The third kappa shape index (κ3) is 4.97. The van der Waals surface area contributed by atoms with Crippen LogP contribution in [0.1, 0.15) is 5.56 Å². The predicted octanol–water partition coefficient (Wildman–Crippen LogP) is 4.22. The topological polar surface area (TPSA) is 78.9 Å². The van der Waals surface area contributed by atoms with Crippen molar-refractivity contribution in [2.75, 3.05) is 32.4 Å². The van der Waals surface area contributed by atoms with Crippen LogP contribution in [0, 0.1) is 0 Å². The van der Waals surface area contributed by atoms with E-state index < -0.39 is 0 Å². The molecule has 1 amide bonds. The fraction of sp³-hybridized carbons (Fsp3) is 0.182. The zero-order chi connectivity index (χ0) is 20.8. The number of ether oxygens (including phenoxy) is 4. The lowest BCUT2D eigenvalue weighted by Crippen LogP contribution is -2.15. The molecule has 1 aliphatic heterocycles. The summed E-state index contributed by atoms with van der Waals surface area (Å²) in [5.74, 6) is 1.89. The van der Waals surface area contributed by atoms with Crippen molar-refractivity contribution in [1.29, 1.82) is 0 Å². The fourth-order valence-electron chi connectivity index (χ4n) is 2.79. The van der Waals surface area contributed by atoms with E-state index in [9.17, 15) is 4.79 Å². The molecule has 0 bridgehead atoms. The van der Waals surface area contributed by atoms with Crippen molar-refractivity contribution in [3.63, 3.8) is 0 Å². The van der Waals surface area contributed by atoms with Crippen LogP contribution in [0.25, 0.3) is 17.3 Å². The first-order chi connectivity index (χ1) is 14.7. The van der Waals surface area contributed by atoms with Crippen LogP contribution >= 0.6 is 11.3 Å². The van der Waals surface area contributed by atoms with E-state index in [-0.39, 0.29) is 12.7 Å². The molecule has 1 N–H and O–H groups in total. The largest absolute Gasteiger partial charge is 0.486 e. The van der Waals surface area contributed by atoms with Gasteiger partial charge in [0.1, 0.15) is 19.0 Å². The van der Waals surface area contributed by atoms with Crippen LogP contribution in [0.15, 0.2) is 53.9 Å². The Morgan fingerprint density at radius 3 is 2.77 bits per heavy atom. The summed E-state index contributed by atoms with van der Waals surface area (Å²) in [6.45, 7) is 1.28. The van der Waals surface area contributed by atoms with Crippen molar-refractivity contribution in [3.8, 4) is 28.5 Å². The fourth-order valence-corrected chi connectivity index (χ4v) is 3.51. The summed E-state index contributed by atoms with van der Waals surface area (Å²) in [7, 11) is 1.57. The number of methoxy groups -OCH3 is 1. The molecule has 0 spiro atoms. The number of thiazole rings is 1. The van der Waals surface area contributed by atoms with Crippen LogP contribution in [0.5, 0.6) is 17.2 Å². The van der Waals surface area contributed by atoms with Crippen molar-refractivity contribution in [2.45, 2.75) is 0 Å². The zero-order valence-electron chi connectivity index (χ0n) is 16.3. The summed E-state index contributed by atoms with van der Waals surface area (Å²) in [6, 6.07) is 13.0. The number of anilines is 1. The first-order valence-corrected chi connectivity index (χ1v) is 10.2. The minimum atomic E-state index is -0.252. The van der Waals surface area contributed by atoms with Crippen LogP contribution in [0.2, 0.25) is 0 Å². The van der Waals surface area contributed by atoms with E-state index in [1.807, 2.05) is 47.8 Å². The summed E-state index contributed by atoms with van der Waals surface area (Å²) in [5.41, 5.74) is 2.55. The molecule has 0 aliphatic carbocycles. The van der Waals surface area contributed by atoms with Crippen molar-refractivity contribution in [3.05, 3.63) is 59.5 Å². The number of benzene rings is 2. The van der Waals surface area contributed by atoms with E-state index in [0.29, 0.717) is 29.8 Å². The average Bonchev–Trinajstić information content (AvgIpc) is 3.25. The first-order valence-electron chi connectivity index (χ1n) is 9.28. The second-order valence-corrected chi connectivity index (χ2v) is 7.20. The molecule has 1 aliphatic rings. The molecule has 4 rings (SSSR count). The van der Waals surface area contributed by atoms with Crippen molar-refractivity contribution in [2.24, 2.45) is 0 Å². The molecule has 30 heavy (non-hydrogen) atoms. The SMILES string of the molecule is COCOc1ccc(/C=C/C(=O)Nc2nc(-c3ccc4c(c3)OCCO4)cs2)cc1. The Bertz CT molecular complexity index is 1050. The standard InChI is InChI=1S/C22H20N2O5S/c1-26-14-29-17-6-2-15(3-7-17)4-9-21(25)24-22-23-18(13-30-22)16-5-8-19-20(12-16)28-11-10-27-19/h2-9,12-13H,10-11,14H2,1H3,(H,23,24,25)/b9-4+. The minimum absolute atomic E-state index is 0.194. The highest BCUT2D eigenvalue weighted by molar-refractivity contribution is 7.14. The second kappa shape index (κ2) is 9.43. The highest BCUT2D eigenvalue weighted by Crippen LogP contribution is 2.35. The number of amides is 1. The maximum Gasteiger partial charge on any atom is 0.250 e. The quantitative estimate of drug-likeness (QED) is 0.452. The van der Waals surface area contributed by atoms with E-state index in [4.69, 9.17) is 18.9 Å². The highest BCUT2D eigenvalue weighted by atomic mass is 32.1. The Balaban J connectivity index is 1.36. The molecule has 7 nitrogen and oxygen atoms in total. The number of fused-ring (bicyclic) bond motifs is 1. The Kier molecular flexibility index (Phi) is 6.26. The number of carbonyl (C=O) groups excluding carboxylic acids is 1. The Labute approximate surface area is 177 Å². The second-order valence-electron chi connectivity index (χ2n) is 6.34. The molecule has 0 saturated carbocycles. The van der Waals surface area contributed by atoms with Gasteiger partial charge in [-0.3, -0.25) is 10.1 Å². The lowest BCUT2D eigenvalue weighted by Gasteiger charge is -2.18. The number of nitrogens with one attached hydrogen (secondary N) is 1. The van der Waals surface area contributed by atoms with E-state index in [1.165, 1.54) is 17.4 Å². The van der Waals surface area contributed by atoms with Gasteiger partial charge in [-0.1, -0.05) is 12.1 Å². The van der Waals surface area contributed by atoms with E-state index in [0.717, 1.165) is 22.6 Å². The van der Waals surface area contributed by atoms with Crippen LogP contribution < -0.4 is 19.5 Å². The lowest BCUT2D eigenvalue weighted by atomic mass is 10.1. The van der Waals surface area contributed by atoms with Gasteiger partial charge in [-0.05, 0) is 42.0 Å². The van der Waals surface area contributed by atoms with E-state index in [2.05, 4.69) is 10.3 Å². The van der Waals surface area contributed by atoms with Gasteiger partial charge in [0.15, 0.2) is 23.4 Å². The van der Waals surface area contributed by atoms with Crippen LogP contribution in [0.4, 0.5) is 5.13 Å². The van der Waals surface area contributed by atoms with Gasteiger partial charge >= 0.3 is 0 Å². The molecule has 0 atom stereocenters. The Morgan fingerprint density at radius 1 is 1.17 bits per heavy atom. The van der Waals surface area contributed by atoms with Crippen LogP contribution in [-0.2, 0) is 9.53 Å². The number of hydrogen-bond acceptors (Lipinski definition) is 7. The summed E-state index contributed by atoms with van der Waals surface area (Å²) in [4.78, 5) is 16.7. The van der Waals surface area contributed by atoms with Gasteiger partial charge in [0.25, 0.3) is 0 Å². The molecule has 1 aromatic heterocycles. The smallest absolute Gasteiger partial charge is 0.250 e. The third-order valence-corrected chi connectivity index (χ3v) is 4.98. The molecule has 2 aromatic carbocycles. The number of rotatable bonds is 7. The third-order valence-electron chi connectivity index (χ3n) is 4.22. The molecule has 0 saturated heterocycles. The van der Waals surface area contributed by atoms with Gasteiger partial charge in [0.05, 0.1) is 5.69 Å². The molecular weight excluding hydrogens is 404 g/mol. The predicted molar refractivity (Wildman–Crippen MR) is 115 cm³/mol. The average molecular weight is 424 g/mol. The number of carbonyl (C=O) groups is 1. The van der Waals surface area contributed by atoms with Crippen LogP contribution in [-0.4, -0.2) is 38.0 Å². The summed E-state index contributed by atoms with van der Waals surface area (Å²) >= 11 is 1.36. The monoisotopic (exact) mass is 424 g/mol. The molecule has 0 unspecified atom stereocenters. The normalized spacial score (nSPS) is 12.7. The zero-order valence-corrected chi connectivity index (χ0v) is 17.1. The number of nitrogens with zero attached hydrogens (tertiary/aromatic N) is 1. The summed E-state index contributed by atoms with van der Waals surface area (Å²) in [6.07, 6.45) is 3.20. The van der Waals surface area contributed by atoms with Gasteiger partial charge in [0, 0.05) is 24.1 Å². The molecule has 0 radical (unpaired) electrons. The van der Waals surface area contributed by atoms with Crippen molar-refractivity contribution in [1.82, 2.24) is 4.98 Å². The maximum atomic E-state index is 12.2. The number of aromatic nitrogens is 1. The van der Waals surface area contributed by atoms with E-state index in [1.54, 1.807) is 13.2 Å². The Morgan fingerprint density at radius 2 is 1.97 bits per heavy atom. The van der Waals surface area contributed by atoms with Crippen LogP contribution in [0.3, 0.4) is 0 Å². The van der Waals surface area contributed by atoms with Crippen molar-refractivity contribution >= 4 is 28.5 Å². The van der Waals surface area contributed by atoms with E-state index >= 15 is 0 Å². The first kappa shape index (κ1) is 19.9. The summed E-state index contributed by atoms with van der Waals surface area (Å²) in [5, 5.41) is 5.21. The Hall–Kier alpha value is -3.36. The van der Waals surface area contributed by atoms with Gasteiger partial charge in [-0.25, -0.2) is 4.98 Å². The van der Waals surface area contributed by atoms with Gasteiger partial charge in [-0.2, -0.15) is 0 Å². The molecule has 3 aromatic rings. The molecule has 154 valence electrons. The molecule has 8 heteroatoms. The summed E-state index contributed by atoms with van der Waals surface area (Å²) < 4.78 is 21.4. The highest BCUT2D eigenvalue weighted by Gasteiger charge is 2.14. The van der Waals surface area contributed by atoms with Gasteiger partial charge in [-0.15, -0.1) is 11.3 Å². The molecule has 2 heterocycles. The van der Waals surface area contributed by atoms with Gasteiger partial charge in [0.2, 0.25) is 5.91 Å². The molecule has 0 fully saturated rings. The molecular formula is C22H20N2O5S. The lowest BCUT2D eigenvalue weighted by molar-refractivity contribution is -0.111. The number of hydrogen-bond donors (Lipinski definition) is 1. The van der Waals surface area contributed by atoms with Gasteiger partial charge < -0.3 is 18.9 Å².